The molecule has 0 amide bonds. The van der Waals surface area contributed by atoms with E-state index in [-0.39, 0.29) is 6.42 Å². The van der Waals surface area contributed by atoms with Crippen LogP contribution >= 0.6 is 0 Å². The molecule has 0 aliphatic carbocycles. The fourth-order valence-electron chi connectivity index (χ4n) is 0.468. The van der Waals surface area contributed by atoms with Crippen molar-refractivity contribution in [2.75, 3.05) is 6.61 Å². The van der Waals surface area contributed by atoms with Crippen LogP contribution in [-0.4, -0.2) is 37.8 Å². The van der Waals surface area contributed by atoms with Crippen molar-refractivity contribution in [3.8, 4) is 0 Å². The molecule has 0 aromatic heterocycles. The average Bonchev–Trinajstić information content (AvgIpc) is 1.82. The van der Waals surface area contributed by atoms with E-state index in [1.807, 2.05) is 0 Å². The highest BCUT2D eigenvalue weighted by atomic mass is 32.3. The Morgan fingerprint density at radius 2 is 1.69 bits per heavy atom. The van der Waals surface area contributed by atoms with E-state index >= 15 is 0 Å². The first-order chi connectivity index (χ1) is 5.63. The van der Waals surface area contributed by atoms with Crippen LogP contribution in [0.4, 0.5) is 0 Å². The molecule has 2 N–H and O–H groups in total. The summed E-state index contributed by atoms with van der Waals surface area (Å²) in [5, 5.41) is -1.13. The number of hydrogen-bond donors (Lipinski definition) is 2. The molecule has 0 saturated carbocycles. The van der Waals surface area contributed by atoms with Gasteiger partial charge in [-0.2, -0.15) is 16.8 Å². The van der Waals surface area contributed by atoms with Crippen molar-refractivity contribution >= 4 is 20.5 Å². The molecule has 80 valence electrons. The maximum absolute atomic E-state index is 10.4. The highest BCUT2D eigenvalue weighted by Crippen LogP contribution is 2.03. The van der Waals surface area contributed by atoms with Crippen molar-refractivity contribution in [1.82, 2.24) is 0 Å². The molecule has 0 spiro atoms. The van der Waals surface area contributed by atoms with Crippen molar-refractivity contribution in [1.29, 1.82) is 0 Å². The van der Waals surface area contributed by atoms with Gasteiger partial charge in [-0.3, -0.25) is 9.11 Å². The molecule has 0 saturated heterocycles. The Kier molecular flexibility index (Phi) is 4.26. The van der Waals surface area contributed by atoms with Gasteiger partial charge in [0.2, 0.25) is 0 Å². The van der Waals surface area contributed by atoms with Gasteiger partial charge >= 0.3 is 10.4 Å². The predicted molar refractivity (Wildman–Crippen MR) is 43.1 cm³/mol. The van der Waals surface area contributed by atoms with E-state index in [0.717, 1.165) is 0 Å². The summed E-state index contributed by atoms with van der Waals surface area (Å²) in [5.41, 5.74) is 0. The number of rotatable bonds is 5. The summed E-state index contributed by atoms with van der Waals surface area (Å²) in [6.07, 6.45) is -0.224. The maximum Gasteiger partial charge on any atom is 0.397 e. The Morgan fingerprint density at radius 3 is 2.00 bits per heavy atom. The second-order valence-electron chi connectivity index (χ2n) is 2.36. The van der Waals surface area contributed by atoms with E-state index in [1.54, 1.807) is 0 Å². The molecule has 0 radical (unpaired) electrons. The molecule has 9 heteroatoms. The summed E-state index contributed by atoms with van der Waals surface area (Å²) >= 11 is 0. The normalized spacial score (nSPS) is 15.6. The van der Waals surface area contributed by atoms with Crippen molar-refractivity contribution in [2.45, 2.75) is 18.6 Å². The fourth-order valence-corrected chi connectivity index (χ4v) is 1.17. The summed E-state index contributed by atoms with van der Waals surface area (Å²) in [6.45, 7) is 0.683. The summed E-state index contributed by atoms with van der Waals surface area (Å²) in [7, 11) is -8.72. The van der Waals surface area contributed by atoms with E-state index in [2.05, 4.69) is 4.18 Å². The zero-order valence-electron chi connectivity index (χ0n) is 6.74. The molecule has 0 aliphatic heterocycles. The quantitative estimate of drug-likeness (QED) is 0.614. The summed E-state index contributed by atoms with van der Waals surface area (Å²) in [6, 6.07) is 0. The van der Waals surface area contributed by atoms with Crippen molar-refractivity contribution in [2.24, 2.45) is 0 Å². The second-order valence-corrected chi connectivity index (χ2v) is 5.29. The maximum atomic E-state index is 10.4. The van der Waals surface area contributed by atoms with E-state index in [9.17, 15) is 16.8 Å². The van der Waals surface area contributed by atoms with Gasteiger partial charge in [0.1, 0.15) is 0 Å². The van der Waals surface area contributed by atoms with Gasteiger partial charge in [0.25, 0.3) is 10.1 Å². The van der Waals surface area contributed by atoms with Gasteiger partial charge in [0.05, 0.1) is 11.9 Å². The SMILES string of the molecule is CC(CCOS(=O)(=O)O)S(=O)(=O)O. The monoisotopic (exact) mass is 234 g/mol. The molecule has 0 fully saturated rings. The van der Waals surface area contributed by atoms with Crippen LogP contribution in [0.3, 0.4) is 0 Å². The Bertz CT molecular complexity index is 339. The standard InChI is InChI=1S/C4H10O7S2/c1-4(12(5,6)7)2-3-11-13(8,9)10/h4H,2-3H2,1H3,(H,5,6,7)(H,8,9,10). The minimum Gasteiger partial charge on any atom is -0.285 e. The van der Waals surface area contributed by atoms with Gasteiger partial charge in [-0.15, -0.1) is 0 Å². The second kappa shape index (κ2) is 4.33. The van der Waals surface area contributed by atoms with Crippen molar-refractivity contribution < 1.29 is 30.1 Å². The zero-order chi connectivity index (χ0) is 10.7. The van der Waals surface area contributed by atoms with E-state index in [0.29, 0.717) is 0 Å². The van der Waals surface area contributed by atoms with E-state index in [4.69, 9.17) is 9.11 Å². The highest BCUT2D eigenvalue weighted by molar-refractivity contribution is 7.86. The van der Waals surface area contributed by atoms with Gasteiger partial charge < -0.3 is 0 Å². The van der Waals surface area contributed by atoms with Crippen LogP contribution in [0.1, 0.15) is 13.3 Å². The lowest BCUT2D eigenvalue weighted by Crippen LogP contribution is -2.19. The molecule has 1 unspecified atom stereocenters. The molecular formula is C4H10O7S2. The van der Waals surface area contributed by atoms with Gasteiger partial charge in [-0.1, -0.05) is 0 Å². The molecular weight excluding hydrogens is 224 g/mol. The Hall–Kier alpha value is -0.220. The Balaban J connectivity index is 3.94. The van der Waals surface area contributed by atoms with Gasteiger partial charge in [0, 0.05) is 0 Å². The van der Waals surface area contributed by atoms with Gasteiger partial charge in [-0.05, 0) is 13.3 Å². The molecule has 0 rings (SSSR count). The topological polar surface area (TPSA) is 118 Å². The molecule has 0 aromatic rings. The first-order valence-corrected chi connectivity index (χ1v) is 6.08. The lowest BCUT2D eigenvalue weighted by atomic mass is 10.4. The third kappa shape index (κ3) is 6.90. The van der Waals surface area contributed by atoms with Gasteiger partial charge in [0.15, 0.2) is 0 Å². The molecule has 0 heterocycles. The summed E-state index contributed by atoms with van der Waals surface area (Å²) in [4.78, 5) is 0. The Morgan fingerprint density at radius 1 is 1.23 bits per heavy atom. The van der Waals surface area contributed by atoms with Crippen molar-refractivity contribution in [3.63, 3.8) is 0 Å². The minimum absolute atomic E-state index is 0.224. The van der Waals surface area contributed by atoms with Crippen LogP contribution in [0, 0.1) is 0 Å². The van der Waals surface area contributed by atoms with Crippen LogP contribution in [0.25, 0.3) is 0 Å². The fraction of sp³-hybridized carbons (Fsp3) is 1.00. The molecule has 7 nitrogen and oxygen atoms in total. The first-order valence-electron chi connectivity index (χ1n) is 3.21. The largest absolute Gasteiger partial charge is 0.397 e. The predicted octanol–water partition coefficient (Wildman–Crippen LogP) is -0.528. The van der Waals surface area contributed by atoms with Gasteiger partial charge in [-0.25, -0.2) is 4.18 Å². The van der Waals surface area contributed by atoms with Crippen LogP contribution < -0.4 is 0 Å². The first kappa shape index (κ1) is 12.8. The summed E-state index contributed by atoms with van der Waals surface area (Å²) in [5.74, 6) is 0. The molecule has 13 heavy (non-hydrogen) atoms. The lowest BCUT2D eigenvalue weighted by molar-refractivity contribution is 0.263. The highest BCUT2D eigenvalue weighted by Gasteiger charge is 2.17. The molecule has 0 bridgehead atoms. The van der Waals surface area contributed by atoms with Crippen LogP contribution in [0.2, 0.25) is 0 Å². The summed E-state index contributed by atoms with van der Waals surface area (Å²) < 4.78 is 61.1. The zero-order valence-corrected chi connectivity index (χ0v) is 8.38. The molecule has 0 aromatic carbocycles. The molecule has 0 aliphatic rings. The van der Waals surface area contributed by atoms with Crippen LogP contribution in [0.15, 0.2) is 0 Å². The molecule has 1 atom stereocenters. The Labute approximate surface area is 76.4 Å². The average molecular weight is 234 g/mol. The van der Waals surface area contributed by atoms with E-state index < -0.39 is 32.4 Å². The lowest BCUT2D eigenvalue weighted by Gasteiger charge is -2.06. The smallest absolute Gasteiger partial charge is 0.285 e. The third-order valence-electron chi connectivity index (χ3n) is 1.27. The number of hydrogen-bond acceptors (Lipinski definition) is 5. The van der Waals surface area contributed by atoms with Crippen molar-refractivity contribution in [3.05, 3.63) is 0 Å². The third-order valence-corrected chi connectivity index (χ3v) is 2.98. The van der Waals surface area contributed by atoms with Crippen LogP contribution in [-0.2, 0) is 24.7 Å². The van der Waals surface area contributed by atoms with E-state index in [1.165, 1.54) is 6.92 Å². The van der Waals surface area contributed by atoms with Crippen LogP contribution in [0.5, 0.6) is 0 Å². The minimum atomic E-state index is -4.54.